The lowest BCUT2D eigenvalue weighted by molar-refractivity contribution is -0.123. The largest absolute Gasteiger partial charge is 0.507 e. The maximum absolute atomic E-state index is 13.9. The van der Waals surface area contributed by atoms with Crippen molar-refractivity contribution in [1.29, 1.82) is 0 Å². The number of carboxylic acid groups (broad SMARTS) is 1. The molecule has 1 fully saturated rings. The molecule has 1 saturated heterocycles. The van der Waals surface area contributed by atoms with Gasteiger partial charge in [0, 0.05) is 40.3 Å². The number of amides is 2. The van der Waals surface area contributed by atoms with Crippen molar-refractivity contribution < 1.29 is 44.0 Å². The van der Waals surface area contributed by atoms with Gasteiger partial charge in [0.15, 0.2) is 11.6 Å². The van der Waals surface area contributed by atoms with Crippen LogP contribution in [-0.2, 0) is 19.2 Å². The van der Waals surface area contributed by atoms with E-state index >= 15 is 0 Å². The highest BCUT2D eigenvalue weighted by atomic mass is 16.5. The molecule has 41 heavy (non-hydrogen) atoms. The number of aromatic hydroxyl groups is 2. The van der Waals surface area contributed by atoms with E-state index in [2.05, 4.69) is 0 Å². The number of allylic oxidation sites excluding steroid dienone is 6. The van der Waals surface area contributed by atoms with E-state index in [1.165, 1.54) is 25.3 Å². The van der Waals surface area contributed by atoms with Gasteiger partial charge in [-0.25, -0.2) is 9.69 Å². The predicted molar refractivity (Wildman–Crippen MR) is 144 cm³/mol. The fourth-order valence-electron chi connectivity index (χ4n) is 6.71. The SMILES string of the molecule is COc1ccc([C@H]2C3=CC[C@@H]4C(=O)N(c5ccc(C(=O)O)c(O)c5)C(=O)[C@@H]4[C@@H]3CC3=C2C(=O)C(C)=CC3=O)c(O)c1. The standard InChI is InChI=1S/C31H25NO9/c1-13-9-22(33)21-12-20-16(25(27(21)28(13)36)17-6-4-15(41-2)11-24(17)35)7-8-19-26(20)30(38)32(29(19)37)14-3-5-18(31(39)40)23(34)10-14/h3-7,9-11,19-20,25-26,34-35H,8,12H2,1-2H3,(H,39,40)/t19-,20+,25+,26-/m0/s1. The number of ketones is 2. The van der Waals surface area contributed by atoms with Crippen molar-refractivity contribution in [3.63, 3.8) is 0 Å². The van der Waals surface area contributed by atoms with Gasteiger partial charge in [-0.05, 0) is 50.0 Å². The van der Waals surface area contributed by atoms with Crippen LogP contribution in [-0.4, -0.2) is 51.8 Å². The molecule has 3 N–H and O–H groups in total. The van der Waals surface area contributed by atoms with Gasteiger partial charge in [-0.3, -0.25) is 19.2 Å². The van der Waals surface area contributed by atoms with Crippen LogP contribution >= 0.6 is 0 Å². The number of aromatic carboxylic acids is 1. The number of hydrogen-bond acceptors (Lipinski definition) is 8. The van der Waals surface area contributed by atoms with E-state index in [0.717, 1.165) is 17.0 Å². The number of rotatable bonds is 4. The summed E-state index contributed by atoms with van der Waals surface area (Å²) in [5, 5.41) is 30.5. The minimum absolute atomic E-state index is 0.0426. The molecule has 0 spiro atoms. The molecule has 3 aliphatic carbocycles. The summed E-state index contributed by atoms with van der Waals surface area (Å²) in [5.41, 5.74) is 1.53. The molecule has 0 saturated carbocycles. The highest BCUT2D eigenvalue weighted by molar-refractivity contribution is 6.25. The van der Waals surface area contributed by atoms with Gasteiger partial charge in [0.1, 0.15) is 22.8 Å². The summed E-state index contributed by atoms with van der Waals surface area (Å²) in [6, 6.07) is 8.18. The lowest BCUT2D eigenvalue weighted by atomic mass is 9.59. The maximum Gasteiger partial charge on any atom is 0.339 e. The summed E-state index contributed by atoms with van der Waals surface area (Å²) in [6.45, 7) is 1.56. The summed E-state index contributed by atoms with van der Waals surface area (Å²) < 4.78 is 5.22. The van der Waals surface area contributed by atoms with Crippen molar-refractivity contribution in [1.82, 2.24) is 0 Å². The van der Waals surface area contributed by atoms with Crippen LogP contribution in [0.1, 0.15) is 41.6 Å². The predicted octanol–water partition coefficient (Wildman–Crippen LogP) is 3.44. The van der Waals surface area contributed by atoms with Crippen LogP contribution in [0, 0.1) is 17.8 Å². The van der Waals surface area contributed by atoms with Crippen molar-refractivity contribution in [3.05, 3.63) is 82.0 Å². The topological polar surface area (TPSA) is 159 Å². The quantitative estimate of drug-likeness (QED) is 0.292. The zero-order valence-corrected chi connectivity index (χ0v) is 22.1. The lowest BCUT2D eigenvalue weighted by Gasteiger charge is -2.42. The molecular formula is C31H25NO9. The number of methoxy groups -OCH3 is 1. The number of benzene rings is 2. The van der Waals surface area contributed by atoms with Gasteiger partial charge in [0.05, 0.1) is 24.6 Å². The average molecular weight is 556 g/mol. The number of phenolic OH excluding ortho intramolecular Hbond substituents is 1. The van der Waals surface area contributed by atoms with Crippen molar-refractivity contribution in [3.8, 4) is 17.2 Å². The Kier molecular flexibility index (Phi) is 5.95. The molecule has 0 bridgehead atoms. The Balaban J connectivity index is 1.47. The van der Waals surface area contributed by atoms with Gasteiger partial charge >= 0.3 is 5.97 Å². The Morgan fingerprint density at radius 2 is 1.73 bits per heavy atom. The second kappa shape index (κ2) is 9.29. The number of hydrogen-bond donors (Lipinski definition) is 3. The molecule has 4 atom stereocenters. The molecule has 1 aliphatic heterocycles. The number of Topliss-reactive ketones (excluding diaryl/α,β-unsaturated/α-hetero) is 1. The molecule has 208 valence electrons. The van der Waals surface area contributed by atoms with E-state index in [1.807, 2.05) is 6.08 Å². The van der Waals surface area contributed by atoms with Gasteiger partial charge in [0.25, 0.3) is 0 Å². The average Bonchev–Trinajstić information content (AvgIpc) is 3.20. The van der Waals surface area contributed by atoms with Crippen LogP contribution < -0.4 is 9.64 Å². The Bertz CT molecular complexity index is 1690. The minimum atomic E-state index is -1.36. The van der Waals surface area contributed by atoms with Gasteiger partial charge in [-0.15, -0.1) is 0 Å². The molecule has 0 aromatic heterocycles. The first-order valence-corrected chi connectivity index (χ1v) is 13.0. The van der Waals surface area contributed by atoms with Crippen molar-refractivity contribution in [2.75, 3.05) is 12.0 Å². The van der Waals surface area contributed by atoms with Crippen LogP contribution in [0.3, 0.4) is 0 Å². The van der Waals surface area contributed by atoms with Crippen LogP contribution in [0.4, 0.5) is 5.69 Å². The number of phenols is 2. The van der Waals surface area contributed by atoms with E-state index < -0.39 is 47.2 Å². The van der Waals surface area contributed by atoms with Crippen molar-refractivity contribution in [2.45, 2.75) is 25.7 Å². The third kappa shape index (κ3) is 3.81. The highest BCUT2D eigenvalue weighted by Crippen LogP contribution is 2.56. The number of ether oxygens (including phenoxy) is 1. The third-order valence-corrected chi connectivity index (χ3v) is 8.58. The molecular weight excluding hydrogens is 530 g/mol. The molecule has 2 aromatic rings. The second-order valence-electron chi connectivity index (χ2n) is 10.7. The minimum Gasteiger partial charge on any atom is -0.507 e. The number of carboxylic acids is 1. The Morgan fingerprint density at radius 1 is 0.976 bits per heavy atom. The summed E-state index contributed by atoms with van der Waals surface area (Å²) in [5.74, 6) is -6.42. The van der Waals surface area contributed by atoms with Crippen LogP contribution in [0.5, 0.6) is 17.2 Å². The number of fused-ring (bicyclic) bond motifs is 3. The fourth-order valence-corrected chi connectivity index (χ4v) is 6.71. The van der Waals surface area contributed by atoms with Gasteiger partial charge < -0.3 is 20.1 Å². The normalized spacial score (nSPS) is 25.4. The summed E-state index contributed by atoms with van der Waals surface area (Å²) in [7, 11) is 1.45. The number of carbonyl (C=O) groups excluding carboxylic acids is 4. The second-order valence-corrected chi connectivity index (χ2v) is 10.7. The number of nitrogens with zero attached hydrogens (tertiary/aromatic N) is 1. The lowest BCUT2D eigenvalue weighted by Crippen LogP contribution is -2.39. The first kappa shape index (κ1) is 26.2. The number of anilines is 1. The van der Waals surface area contributed by atoms with Crippen LogP contribution in [0.25, 0.3) is 0 Å². The smallest absolute Gasteiger partial charge is 0.339 e. The zero-order valence-electron chi connectivity index (χ0n) is 22.1. The van der Waals surface area contributed by atoms with E-state index in [9.17, 15) is 39.3 Å². The molecule has 0 radical (unpaired) electrons. The van der Waals surface area contributed by atoms with Gasteiger partial charge in [-0.1, -0.05) is 17.7 Å². The Labute approximate surface area is 233 Å². The summed E-state index contributed by atoms with van der Waals surface area (Å²) in [6.07, 6.45) is 3.36. The molecule has 10 nitrogen and oxygen atoms in total. The van der Waals surface area contributed by atoms with Crippen molar-refractivity contribution >= 4 is 35.0 Å². The molecule has 2 amide bonds. The maximum atomic E-state index is 13.9. The number of carbonyl (C=O) groups is 5. The fraction of sp³-hybridized carbons (Fsp3) is 0.258. The van der Waals surface area contributed by atoms with Crippen LogP contribution in [0.2, 0.25) is 0 Å². The molecule has 2 aromatic carbocycles. The van der Waals surface area contributed by atoms with E-state index in [1.54, 1.807) is 19.1 Å². The Morgan fingerprint density at radius 3 is 2.39 bits per heavy atom. The highest BCUT2D eigenvalue weighted by Gasteiger charge is 2.57. The molecule has 4 aliphatic rings. The number of imide groups is 1. The first-order valence-electron chi connectivity index (χ1n) is 13.0. The van der Waals surface area contributed by atoms with Crippen molar-refractivity contribution in [2.24, 2.45) is 17.8 Å². The first-order chi connectivity index (χ1) is 19.5. The zero-order chi connectivity index (χ0) is 29.3. The molecule has 6 rings (SSSR count). The van der Waals surface area contributed by atoms with E-state index in [0.29, 0.717) is 16.9 Å². The summed E-state index contributed by atoms with van der Waals surface area (Å²) in [4.78, 5) is 66.5. The van der Waals surface area contributed by atoms with Gasteiger partial charge in [-0.2, -0.15) is 0 Å². The molecule has 1 heterocycles. The van der Waals surface area contributed by atoms with Gasteiger partial charge in [0.2, 0.25) is 11.8 Å². The van der Waals surface area contributed by atoms with Crippen LogP contribution in [0.15, 0.2) is 70.8 Å². The van der Waals surface area contributed by atoms with E-state index in [-0.39, 0.29) is 58.1 Å². The monoisotopic (exact) mass is 555 g/mol. The van der Waals surface area contributed by atoms with E-state index in [4.69, 9.17) is 4.74 Å². The third-order valence-electron chi connectivity index (χ3n) is 8.58. The summed E-state index contributed by atoms with van der Waals surface area (Å²) >= 11 is 0. The molecule has 0 unspecified atom stereocenters. The Hall–Kier alpha value is -4.99. The molecule has 10 heteroatoms.